The third-order valence-corrected chi connectivity index (χ3v) is 4.21. The molecule has 7 nitrogen and oxygen atoms in total. The van der Waals surface area contributed by atoms with Crippen LogP contribution in [0.5, 0.6) is 5.88 Å². The summed E-state index contributed by atoms with van der Waals surface area (Å²) < 4.78 is 5.18. The van der Waals surface area contributed by atoms with E-state index in [1.807, 2.05) is 32.0 Å². The van der Waals surface area contributed by atoms with Crippen molar-refractivity contribution in [3.05, 3.63) is 58.8 Å². The van der Waals surface area contributed by atoms with Gasteiger partial charge in [0.2, 0.25) is 5.69 Å². The predicted octanol–water partition coefficient (Wildman–Crippen LogP) is 3.69. The summed E-state index contributed by atoms with van der Waals surface area (Å²) in [7, 11) is 1.44. The highest BCUT2D eigenvalue weighted by Gasteiger charge is 2.18. The van der Waals surface area contributed by atoms with E-state index in [1.165, 1.54) is 7.11 Å². The van der Waals surface area contributed by atoms with Crippen molar-refractivity contribution in [2.75, 3.05) is 12.4 Å². The maximum absolute atomic E-state index is 11.5. The van der Waals surface area contributed by atoms with Crippen LogP contribution in [-0.2, 0) is 0 Å². The number of carboxylic acid groups (broad SMARTS) is 1. The van der Waals surface area contributed by atoms with Crippen molar-refractivity contribution in [3.63, 3.8) is 0 Å². The molecular weight excluding hydrogens is 344 g/mol. The number of aryl methyl sites for hydroxylation is 1. The van der Waals surface area contributed by atoms with E-state index in [0.29, 0.717) is 16.7 Å². The Hall–Kier alpha value is -3.66. The smallest absolute Gasteiger partial charge is 0.337 e. The lowest BCUT2D eigenvalue weighted by Crippen LogP contribution is -2.12. The summed E-state index contributed by atoms with van der Waals surface area (Å²) in [5, 5.41) is 21.9. The molecule has 0 saturated heterocycles. The Labute approximate surface area is 156 Å². The quantitative estimate of drug-likeness (QED) is 0.712. The summed E-state index contributed by atoms with van der Waals surface area (Å²) in [6.07, 6.45) is 0. The van der Waals surface area contributed by atoms with E-state index in [4.69, 9.17) is 4.74 Å². The number of nitrogens with zero attached hydrogens (tertiary/aromatic N) is 3. The molecule has 0 unspecified atom stereocenters. The van der Waals surface area contributed by atoms with Crippen molar-refractivity contribution >= 4 is 22.7 Å². The standard InChI is InChI=1S/C20H18N4O3/c1-11-8-14(12(2)22-15-7-5-4-6-13(15)20(25)26)18-16(9-11)23-17(10-21)19(24-18)27-3/h4-9,12,22H,1-3H3,(H,25,26)/t12-/m1/s1. The first-order valence-electron chi connectivity index (χ1n) is 8.29. The van der Waals surface area contributed by atoms with Crippen molar-refractivity contribution in [1.29, 1.82) is 5.26 Å². The van der Waals surface area contributed by atoms with Gasteiger partial charge in [-0.1, -0.05) is 18.2 Å². The molecule has 0 aliphatic rings. The molecule has 1 atom stereocenters. The Bertz CT molecular complexity index is 1070. The summed E-state index contributed by atoms with van der Waals surface area (Å²) in [4.78, 5) is 20.3. The number of hydrogen-bond acceptors (Lipinski definition) is 6. The lowest BCUT2D eigenvalue weighted by Gasteiger charge is -2.19. The van der Waals surface area contributed by atoms with Gasteiger partial charge in [0.15, 0.2) is 0 Å². The summed E-state index contributed by atoms with van der Waals surface area (Å²) in [5.41, 5.74) is 3.81. The van der Waals surface area contributed by atoms with Gasteiger partial charge in [0, 0.05) is 11.3 Å². The molecule has 3 rings (SSSR count). The number of aromatic nitrogens is 2. The fourth-order valence-corrected chi connectivity index (χ4v) is 2.97. The zero-order valence-electron chi connectivity index (χ0n) is 15.1. The summed E-state index contributed by atoms with van der Waals surface area (Å²) in [6, 6.07) is 12.3. The second-order valence-corrected chi connectivity index (χ2v) is 6.13. The van der Waals surface area contributed by atoms with Crippen LogP contribution >= 0.6 is 0 Å². The number of hydrogen-bond donors (Lipinski definition) is 2. The molecule has 1 heterocycles. The lowest BCUT2D eigenvalue weighted by molar-refractivity contribution is 0.0698. The number of methoxy groups -OCH3 is 1. The van der Waals surface area contributed by atoms with Gasteiger partial charge in [-0.15, -0.1) is 0 Å². The molecule has 0 saturated carbocycles. The van der Waals surface area contributed by atoms with Crippen LogP contribution in [-0.4, -0.2) is 28.2 Å². The van der Waals surface area contributed by atoms with Gasteiger partial charge in [0.1, 0.15) is 6.07 Å². The van der Waals surface area contributed by atoms with Crippen molar-refractivity contribution in [1.82, 2.24) is 9.97 Å². The van der Waals surface area contributed by atoms with Gasteiger partial charge in [-0.3, -0.25) is 0 Å². The zero-order valence-corrected chi connectivity index (χ0v) is 15.1. The summed E-state index contributed by atoms with van der Waals surface area (Å²) >= 11 is 0. The second-order valence-electron chi connectivity index (χ2n) is 6.13. The molecular formula is C20H18N4O3. The number of ether oxygens (including phenoxy) is 1. The maximum Gasteiger partial charge on any atom is 0.337 e. The van der Waals surface area contributed by atoms with Crippen LogP contribution in [0.2, 0.25) is 0 Å². The molecule has 0 aliphatic carbocycles. The highest BCUT2D eigenvalue weighted by atomic mass is 16.5. The monoisotopic (exact) mass is 362 g/mol. The molecule has 0 fully saturated rings. The van der Waals surface area contributed by atoms with E-state index >= 15 is 0 Å². The molecule has 0 aliphatic heterocycles. The fraction of sp³-hybridized carbons (Fsp3) is 0.200. The highest BCUT2D eigenvalue weighted by Crippen LogP contribution is 2.29. The van der Waals surface area contributed by atoms with Gasteiger partial charge in [-0.2, -0.15) is 5.26 Å². The minimum atomic E-state index is -1.00. The molecule has 1 aromatic heterocycles. The number of carboxylic acids is 1. The van der Waals surface area contributed by atoms with E-state index in [2.05, 4.69) is 15.3 Å². The Morgan fingerprint density at radius 2 is 2.04 bits per heavy atom. The van der Waals surface area contributed by atoms with Crippen LogP contribution in [0.1, 0.15) is 40.1 Å². The topological polar surface area (TPSA) is 108 Å². The van der Waals surface area contributed by atoms with Gasteiger partial charge >= 0.3 is 5.97 Å². The number of para-hydroxylation sites is 1. The third kappa shape index (κ3) is 3.51. The molecule has 27 heavy (non-hydrogen) atoms. The number of nitriles is 1. The molecule has 0 radical (unpaired) electrons. The van der Waals surface area contributed by atoms with Gasteiger partial charge in [0.05, 0.1) is 29.7 Å². The molecule has 2 aromatic carbocycles. The van der Waals surface area contributed by atoms with Crippen molar-refractivity contribution in [2.24, 2.45) is 0 Å². The molecule has 0 amide bonds. The first kappa shape index (κ1) is 18.1. The number of fused-ring (bicyclic) bond motifs is 1. The zero-order chi connectivity index (χ0) is 19.6. The van der Waals surface area contributed by atoms with Crippen molar-refractivity contribution in [2.45, 2.75) is 19.9 Å². The number of benzene rings is 2. The average molecular weight is 362 g/mol. The first-order chi connectivity index (χ1) is 12.9. The van der Waals surface area contributed by atoms with Crippen LogP contribution in [0.15, 0.2) is 36.4 Å². The number of aromatic carboxylic acids is 1. The molecule has 3 aromatic rings. The highest BCUT2D eigenvalue weighted by molar-refractivity contribution is 5.94. The number of nitrogens with one attached hydrogen (secondary N) is 1. The molecule has 136 valence electrons. The number of anilines is 1. The largest absolute Gasteiger partial charge is 0.479 e. The number of rotatable bonds is 5. The maximum atomic E-state index is 11.5. The normalized spacial score (nSPS) is 11.6. The van der Waals surface area contributed by atoms with Gasteiger partial charge in [0.25, 0.3) is 5.88 Å². The van der Waals surface area contributed by atoms with Crippen LogP contribution in [0.25, 0.3) is 11.0 Å². The molecule has 0 spiro atoms. The van der Waals surface area contributed by atoms with Crippen LogP contribution < -0.4 is 10.1 Å². The SMILES string of the molecule is COc1nc2c([C@@H](C)Nc3ccccc3C(=O)O)cc(C)cc2nc1C#N. The van der Waals surface area contributed by atoms with Crippen LogP contribution in [0, 0.1) is 18.3 Å². The Morgan fingerprint density at radius 3 is 2.70 bits per heavy atom. The van der Waals surface area contributed by atoms with Crippen molar-refractivity contribution < 1.29 is 14.6 Å². The average Bonchev–Trinajstić information content (AvgIpc) is 2.66. The van der Waals surface area contributed by atoms with Gasteiger partial charge in [-0.25, -0.2) is 14.8 Å². The Kier molecular flexibility index (Phi) is 4.90. The van der Waals surface area contributed by atoms with E-state index in [0.717, 1.165) is 11.1 Å². The molecule has 2 N–H and O–H groups in total. The summed E-state index contributed by atoms with van der Waals surface area (Å²) in [6.45, 7) is 3.85. The lowest BCUT2D eigenvalue weighted by atomic mass is 10.0. The van der Waals surface area contributed by atoms with Crippen LogP contribution in [0.3, 0.4) is 0 Å². The number of carbonyl (C=O) groups is 1. The van der Waals surface area contributed by atoms with Crippen molar-refractivity contribution in [3.8, 4) is 11.9 Å². The van der Waals surface area contributed by atoms with E-state index in [-0.39, 0.29) is 23.2 Å². The molecule has 7 heteroatoms. The van der Waals surface area contributed by atoms with E-state index < -0.39 is 5.97 Å². The molecule has 0 bridgehead atoms. The van der Waals surface area contributed by atoms with Crippen LogP contribution in [0.4, 0.5) is 5.69 Å². The first-order valence-corrected chi connectivity index (χ1v) is 8.29. The minimum absolute atomic E-state index is 0.124. The fourth-order valence-electron chi connectivity index (χ4n) is 2.97. The van der Waals surface area contributed by atoms with Gasteiger partial charge in [-0.05, 0) is 37.6 Å². The predicted molar refractivity (Wildman–Crippen MR) is 101 cm³/mol. The van der Waals surface area contributed by atoms with E-state index in [1.54, 1.807) is 24.3 Å². The Balaban J connectivity index is 2.11. The minimum Gasteiger partial charge on any atom is -0.479 e. The van der Waals surface area contributed by atoms with E-state index in [9.17, 15) is 15.2 Å². The second kappa shape index (κ2) is 7.30. The third-order valence-electron chi connectivity index (χ3n) is 4.21. The van der Waals surface area contributed by atoms with Gasteiger partial charge < -0.3 is 15.2 Å². The summed E-state index contributed by atoms with van der Waals surface area (Å²) in [5.74, 6) is -0.840. The Morgan fingerprint density at radius 1 is 1.30 bits per heavy atom.